The van der Waals surface area contributed by atoms with Crippen molar-refractivity contribution in [3.05, 3.63) is 148 Å². The third-order valence-corrected chi connectivity index (χ3v) is 11.7. The molecule has 1 aliphatic heterocycles. The molecule has 0 spiro atoms. The molecule has 2 amide bonds. The van der Waals surface area contributed by atoms with Gasteiger partial charge in [-0.3, -0.25) is 24.1 Å². The van der Waals surface area contributed by atoms with E-state index in [1.165, 1.54) is 18.1 Å². The number of benzene rings is 4. The number of carbonyl (C=O) groups is 4. The quantitative estimate of drug-likeness (QED) is 0.161. The summed E-state index contributed by atoms with van der Waals surface area (Å²) in [6, 6.07) is 30.8. The van der Waals surface area contributed by atoms with Crippen LogP contribution in [0.5, 0.6) is 11.5 Å². The molecule has 3 aliphatic carbocycles. The van der Waals surface area contributed by atoms with Crippen LogP contribution in [0.3, 0.4) is 0 Å². The Bertz CT molecular complexity index is 2170. The summed E-state index contributed by atoms with van der Waals surface area (Å²) >= 11 is 3.44. The fourth-order valence-corrected chi connectivity index (χ4v) is 9.24. The molecule has 4 aromatic rings. The number of hydrogen-bond donors (Lipinski definition) is 1. The number of ketones is 2. The fraction of sp³-hybridized carbons (Fsp3) is 0.209. The maximum atomic E-state index is 15.1. The van der Waals surface area contributed by atoms with Crippen LogP contribution in [0.4, 0.5) is 5.69 Å². The van der Waals surface area contributed by atoms with E-state index in [9.17, 15) is 19.5 Å². The van der Waals surface area contributed by atoms with E-state index in [0.717, 1.165) is 21.2 Å². The van der Waals surface area contributed by atoms with Crippen LogP contribution in [-0.4, -0.2) is 35.6 Å². The number of amides is 2. The van der Waals surface area contributed by atoms with E-state index in [1.807, 2.05) is 78.9 Å². The molecule has 8 heteroatoms. The molecule has 1 saturated heterocycles. The van der Waals surface area contributed by atoms with Gasteiger partial charge in [0, 0.05) is 21.9 Å². The highest BCUT2D eigenvalue weighted by Gasteiger charge is 2.65. The summed E-state index contributed by atoms with van der Waals surface area (Å²) in [4.78, 5) is 59.8. The smallest absolute Gasteiger partial charge is 0.238 e. The number of allylic oxidation sites excluding steroid dienone is 5. The van der Waals surface area contributed by atoms with Gasteiger partial charge in [-0.25, -0.2) is 0 Å². The second-order valence-electron chi connectivity index (χ2n) is 13.6. The number of hydrogen-bond acceptors (Lipinski definition) is 6. The van der Waals surface area contributed by atoms with Crippen molar-refractivity contribution in [2.24, 2.45) is 29.6 Å². The molecule has 1 N–H and O–H groups in total. The molecule has 1 saturated carbocycles. The molecule has 8 rings (SSSR count). The van der Waals surface area contributed by atoms with Crippen LogP contribution in [0.15, 0.2) is 131 Å². The number of fused-ring (bicyclic) bond motifs is 4. The SMILES string of the molecule is COc1cc(C=CC2C3=CCC4C(=O)N(c5ccc(Br)cc5)C(=O)C4C3CC3C(=O)C(c4ccccc4)=CC(=O)C23c2ccccc2)ccc1O. The molecule has 0 bridgehead atoms. The standard InChI is InChI=1S/C43H34BrNO6/c1-51-37-22-25(13-21-36(37)46)12-20-34-30-18-19-31-39(42(50)45(41(31)49)29-16-14-28(44)15-17-29)33(30)23-35-40(48)32(26-8-4-2-5-9-26)24-38(47)43(34,35)27-10-6-3-7-11-27/h2-18,20-22,24,31,33-35,39,46H,19,23H2,1H3. The summed E-state index contributed by atoms with van der Waals surface area (Å²) in [5.41, 5.74) is 2.56. The topological polar surface area (TPSA) is 101 Å². The Morgan fingerprint density at radius 2 is 1.57 bits per heavy atom. The Morgan fingerprint density at radius 3 is 2.27 bits per heavy atom. The second kappa shape index (κ2) is 12.8. The van der Waals surface area contributed by atoms with Crippen molar-refractivity contribution in [2.75, 3.05) is 12.0 Å². The Morgan fingerprint density at radius 1 is 0.863 bits per heavy atom. The minimum atomic E-state index is -1.31. The van der Waals surface area contributed by atoms with Gasteiger partial charge in [-0.2, -0.15) is 0 Å². The summed E-state index contributed by atoms with van der Waals surface area (Å²) in [6.07, 6.45) is 7.98. The highest BCUT2D eigenvalue weighted by molar-refractivity contribution is 9.10. The first-order valence-electron chi connectivity index (χ1n) is 17.0. The molecular formula is C43H34BrNO6. The van der Waals surface area contributed by atoms with Crippen LogP contribution < -0.4 is 9.64 Å². The molecule has 2 fully saturated rings. The number of anilines is 1. The third-order valence-electron chi connectivity index (χ3n) is 11.2. The highest BCUT2D eigenvalue weighted by Crippen LogP contribution is 2.61. The maximum absolute atomic E-state index is 15.1. The van der Waals surface area contributed by atoms with Crippen LogP contribution in [0.25, 0.3) is 11.6 Å². The lowest BCUT2D eigenvalue weighted by molar-refractivity contribution is -0.135. The third kappa shape index (κ3) is 5.15. The molecule has 6 unspecified atom stereocenters. The summed E-state index contributed by atoms with van der Waals surface area (Å²) in [5.74, 6) is -3.73. The zero-order chi connectivity index (χ0) is 35.4. The van der Waals surface area contributed by atoms with Gasteiger partial charge in [0.05, 0.1) is 30.0 Å². The van der Waals surface area contributed by atoms with Crippen molar-refractivity contribution in [3.8, 4) is 11.5 Å². The van der Waals surface area contributed by atoms with E-state index < -0.39 is 35.0 Å². The lowest BCUT2D eigenvalue weighted by atomic mass is 9.45. The molecule has 7 nitrogen and oxygen atoms in total. The largest absolute Gasteiger partial charge is 0.504 e. The zero-order valence-corrected chi connectivity index (χ0v) is 29.3. The summed E-state index contributed by atoms with van der Waals surface area (Å²) in [6.45, 7) is 0. The summed E-state index contributed by atoms with van der Waals surface area (Å²) in [7, 11) is 1.48. The minimum absolute atomic E-state index is 0.000561. The molecule has 0 radical (unpaired) electrons. The van der Waals surface area contributed by atoms with Crippen LogP contribution in [0.2, 0.25) is 0 Å². The first-order chi connectivity index (χ1) is 24.7. The fourth-order valence-electron chi connectivity index (χ4n) is 8.97. The number of carbonyl (C=O) groups excluding carboxylic acids is 4. The van der Waals surface area contributed by atoms with Gasteiger partial charge in [-0.15, -0.1) is 0 Å². The van der Waals surface area contributed by atoms with Gasteiger partial charge in [0.2, 0.25) is 11.8 Å². The molecule has 0 aromatic heterocycles. The normalized spacial score (nSPS) is 27.1. The molecule has 254 valence electrons. The summed E-state index contributed by atoms with van der Waals surface area (Å²) in [5, 5.41) is 10.3. The van der Waals surface area contributed by atoms with Gasteiger partial charge in [-0.05, 0) is 77.9 Å². The van der Waals surface area contributed by atoms with Gasteiger partial charge < -0.3 is 9.84 Å². The molecule has 51 heavy (non-hydrogen) atoms. The monoisotopic (exact) mass is 739 g/mol. The number of ether oxygens (including phenoxy) is 1. The first kappa shape index (κ1) is 32.8. The van der Waals surface area contributed by atoms with Crippen molar-refractivity contribution >= 4 is 56.6 Å². The maximum Gasteiger partial charge on any atom is 0.238 e. The van der Waals surface area contributed by atoms with E-state index >= 15 is 4.79 Å². The predicted molar refractivity (Wildman–Crippen MR) is 198 cm³/mol. The number of phenolic OH excluding ortho intramolecular Hbond substituents is 1. The number of phenols is 1. The van der Waals surface area contributed by atoms with Crippen molar-refractivity contribution in [3.63, 3.8) is 0 Å². The predicted octanol–water partition coefficient (Wildman–Crippen LogP) is 7.74. The summed E-state index contributed by atoms with van der Waals surface area (Å²) < 4.78 is 6.20. The molecule has 4 aliphatic rings. The average molecular weight is 741 g/mol. The second-order valence-corrected chi connectivity index (χ2v) is 14.5. The minimum Gasteiger partial charge on any atom is -0.504 e. The van der Waals surface area contributed by atoms with Crippen molar-refractivity contribution in [1.82, 2.24) is 0 Å². The molecule has 1 heterocycles. The van der Waals surface area contributed by atoms with Gasteiger partial charge in [-0.1, -0.05) is 106 Å². The van der Waals surface area contributed by atoms with E-state index in [0.29, 0.717) is 29.0 Å². The van der Waals surface area contributed by atoms with Crippen LogP contribution in [-0.2, 0) is 24.6 Å². The Kier molecular flexibility index (Phi) is 8.22. The van der Waals surface area contributed by atoms with Crippen molar-refractivity contribution in [1.29, 1.82) is 0 Å². The number of Topliss-reactive ketones (excluding diaryl/α,β-unsaturated/α-hetero) is 1. The number of nitrogens with zero attached hydrogens (tertiary/aromatic N) is 1. The van der Waals surface area contributed by atoms with Gasteiger partial charge in [0.25, 0.3) is 0 Å². The van der Waals surface area contributed by atoms with Crippen molar-refractivity contribution < 1.29 is 29.0 Å². The first-order valence-corrected chi connectivity index (χ1v) is 17.8. The van der Waals surface area contributed by atoms with E-state index in [4.69, 9.17) is 4.74 Å². The van der Waals surface area contributed by atoms with Gasteiger partial charge in [0.15, 0.2) is 23.1 Å². The molecular weight excluding hydrogens is 706 g/mol. The number of methoxy groups -OCH3 is 1. The number of aromatic hydroxyl groups is 1. The van der Waals surface area contributed by atoms with Crippen LogP contribution in [0, 0.1) is 29.6 Å². The Balaban J connectivity index is 1.32. The van der Waals surface area contributed by atoms with Crippen LogP contribution in [0.1, 0.15) is 29.5 Å². The van der Waals surface area contributed by atoms with Crippen molar-refractivity contribution in [2.45, 2.75) is 18.3 Å². The zero-order valence-electron chi connectivity index (χ0n) is 27.7. The number of imide groups is 1. The highest BCUT2D eigenvalue weighted by atomic mass is 79.9. The number of rotatable bonds is 6. The molecule has 6 atom stereocenters. The van der Waals surface area contributed by atoms with E-state index in [2.05, 4.69) is 15.9 Å². The average Bonchev–Trinajstić information content (AvgIpc) is 3.42. The van der Waals surface area contributed by atoms with Crippen LogP contribution >= 0.6 is 15.9 Å². The number of halogens is 1. The van der Waals surface area contributed by atoms with E-state index in [-0.39, 0.29) is 35.6 Å². The Hall–Kier alpha value is -5.34. The Labute approximate surface area is 304 Å². The molecule has 4 aromatic carbocycles. The van der Waals surface area contributed by atoms with Gasteiger partial charge >= 0.3 is 0 Å². The lowest BCUT2D eigenvalue weighted by Crippen LogP contribution is -2.59. The van der Waals surface area contributed by atoms with E-state index in [1.54, 1.807) is 42.5 Å². The van der Waals surface area contributed by atoms with Gasteiger partial charge in [0.1, 0.15) is 0 Å². The lowest BCUT2D eigenvalue weighted by Gasteiger charge is -2.54.